The van der Waals surface area contributed by atoms with E-state index in [9.17, 15) is 4.79 Å². The summed E-state index contributed by atoms with van der Waals surface area (Å²) in [6, 6.07) is 7.02. The van der Waals surface area contributed by atoms with Crippen LogP contribution in [0.25, 0.3) is 0 Å². The van der Waals surface area contributed by atoms with E-state index < -0.39 is 0 Å². The number of hydrogen-bond acceptors (Lipinski definition) is 6. The van der Waals surface area contributed by atoms with Crippen molar-refractivity contribution < 1.29 is 9.53 Å². The number of rotatable bonds is 6. The second kappa shape index (κ2) is 7.03. The first kappa shape index (κ1) is 15.2. The van der Waals surface area contributed by atoms with E-state index in [1.165, 1.54) is 11.3 Å². The smallest absolute Gasteiger partial charge is 0.248 e. The van der Waals surface area contributed by atoms with Crippen LogP contribution >= 0.6 is 11.3 Å². The normalized spacial score (nSPS) is 11.8. The first-order chi connectivity index (χ1) is 10.1. The molecule has 0 saturated heterocycles. The highest BCUT2D eigenvalue weighted by Crippen LogP contribution is 2.18. The van der Waals surface area contributed by atoms with Crippen molar-refractivity contribution in [1.82, 2.24) is 10.2 Å². The molecule has 21 heavy (non-hydrogen) atoms. The molecule has 0 radical (unpaired) electrons. The molecular weight excluding hydrogens is 288 g/mol. The van der Waals surface area contributed by atoms with Crippen LogP contribution in [0, 0.1) is 0 Å². The molecule has 0 spiro atoms. The quantitative estimate of drug-likeness (QED) is 0.857. The first-order valence-corrected chi connectivity index (χ1v) is 7.48. The summed E-state index contributed by atoms with van der Waals surface area (Å²) in [4.78, 5) is 12.1. The molecule has 0 aliphatic rings. The molecule has 7 heteroatoms. The van der Waals surface area contributed by atoms with E-state index in [4.69, 9.17) is 4.74 Å². The van der Waals surface area contributed by atoms with Crippen molar-refractivity contribution in [3.05, 3.63) is 29.3 Å². The highest BCUT2D eigenvalue weighted by atomic mass is 32.1. The number of anilines is 2. The molecule has 0 aliphatic carbocycles. The minimum absolute atomic E-state index is 0.148. The molecule has 1 amide bonds. The molecule has 0 fully saturated rings. The molecule has 1 aromatic carbocycles. The molecule has 6 nitrogen and oxygen atoms in total. The fraction of sp³-hybridized carbons (Fsp3) is 0.357. The Morgan fingerprint density at radius 1 is 1.33 bits per heavy atom. The van der Waals surface area contributed by atoms with Gasteiger partial charge in [-0.15, -0.1) is 10.2 Å². The van der Waals surface area contributed by atoms with Gasteiger partial charge in [0.2, 0.25) is 11.0 Å². The predicted molar refractivity (Wildman–Crippen MR) is 84.0 cm³/mol. The zero-order chi connectivity index (χ0) is 15.2. The standard InChI is InChI=1S/C14H18N4O2S/c1-4-12-17-18-14(21-12)16-13(19)9(2)15-10-5-7-11(20-3)8-6-10/h5-9,15H,4H2,1-3H3,(H,16,18,19)/t9-/m1/s1. The second-order valence-electron chi connectivity index (χ2n) is 4.44. The van der Waals surface area contributed by atoms with Gasteiger partial charge in [0.25, 0.3) is 0 Å². The van der Waals surface area contributed by atoms with Gasteiger partial charge in [-0.25, -0.2) is 0 Å². The molecule has 2 rings (SSSR count). The number of benzene rings is 1. The van der Waals surface area contributed by atoms with Gasteiger partial charge in [-0.05, 0) is 37.6 Å². The maximum absolute atomic E-state index is 12.1. The van der Waals surface area contributed by atoms with Crippen molar-refractivity contribution in [3.63, 3.8) is 0 Å². The summed E-state index contributed by atoms with van der Waals surface area (Å²) >= 11 is 1.39. The fourth-order valence-corrected chi connectivity index (χ4v) is 2.35. The average Bonchev–Trinajstić information content (AvgIpc) is 2.95. The highest BCUT2D eigenvalue weighted by Gasteiger charge is 2.15. The van der Waals surface area contributed by atoms with Crippen molar-refractivity contribution in [2.75, 3.05) is 17.7 Å². The number of nitrogens with zero attached hydrogens (tertiary/aromatic N) is 2. The molecule has 0 saturated carbocycles. The number of carbonyl (C=O) groups is 1. The van der Waals surface area contributed by atoms with Crippen LogP contribution in [-0.2, 0) is 11.2 Å². The maximum Gasteiger partial charge on any atom is 0.248 e. The lowest BCUT2D eigenvalue weighted by molar-refractivity contribution is -0.116. The van der Waals surface area contributed by atoms with E-state index in [0.717, 1.165) is 22.9 Å². The van der Waals surface area contributed by atoms with E-state index in [1.807, 2.05) is 31.2 Å². The van der Waals surface area contributed by atoms with Gasteiger partial charge in [-0.3, -0.25) is 10.1 Å². The fourth-order valence-electron chi connectivity index (χ4n) is 1.66. The number of hydrogen-bond donors (Lipinski definition) is 2. The number of ether oxygens (including phenoxy) is 1. The van der Waals surface area contributed by atoms with Gasteiger partial charge in [-0.1, -0.05) is 18.3 Å². The average molecular weight is 306 g/mol. The van der Waals surface area contributed by atoms with Gasteiger partial charge in [0.05, 0.1) is 7.11 Å². The molecule has 2 aromatic rings. The third kappa shape index (κ3) is 4.16. The van der Waals surface area contributed by atoms with E-state index in [1.54, 1.807) is 14.0 Å². The molecule has 0 unspecified atom stereocenters. The summed E-state index contributed by atoms with van der Waals surface area (Å²) in [5.41, 5.74) is 0.852. The van der Waals surface area contributed by atoms with Crippen LogP contribution in [0.5, 0.6) is 5.75 Å². The Labute approximate surface area is 127 Å². The van der Waals surface area contributed by atoms with Crippen molar-refractivity contribution in [1.29, 1.82) is 0 Å². The Hall–Kier alpha value is -2.15. The Kier molecular flexibility index (Phi) is 5.10. The third-order valence-corrected chi connectivity index (χ3v) is 3.85. The van der Waals surface area contributed by atoms with Crippen LogP contribution in [0.1, 0.15) is 18.9 Å². The SMILES string of the molecule is CCc1nnc(NC(=O)[C@@H](C)Nc2ccc(OC)cc2)s1. The summed E-state index contributed by atoms with van der Waals surface area (Å²) in [5, 5.41) is 15.2. The molecular formula is C14H18N4O2S. The second-order valence-corrected chi connectivity index (χ2v) is 5.50. The summed E-state index contributed by atoms with van der Waals surface area (Å²) in [6.45, 7) is 3.79. The Bertz CT molecular complexity index is 597. The highest BCUT2D eigenvalue weighted by molar-refractivity contribution is 7.15. The molecule has 2 N–H and O–H groups in total. The van der Waals surface area contributed by atoms with Crippen LogP contribution in [0.2, 0.25) is 0 Å². The summed E-state index contributed by atoms with van der Waals surface area (Å²) in [6.07, 6.45) is 0.813. The number of aromatic nitrogens is 2. The van der Waals surface area contributed by atoms with Gasteiger partial charge in [0.15, 0.2) is 0 Å². The minimum atomic E-state index is -0.382. The van der Waals surface area contributed by atoms with Crippen LogP contribution in [-0.4, -0.2) is 29.3 Å². The van der Waals surface area contributed by atoms with Crippen molar-refractivity contribution in [2.45, 2.75) is 26.3 Å². The monoisotopic (exact) mass is 306 g/mol. The molecule has 112 valence electrons. The van der Waals surface area contributed by atoms with Gasteiger partial charge < -0.3 is 10.1 Å². The van der Waals surface area contributed by atoms with E-state index in [-0.39, 0.29) is 11.9 Å². The van der Waals surface area contributed by atoms with E-state index >= 15 is 0 Å². The third-order valence-electron chi connectivity index (χ3n) is 2.87. The van der Waals surface area contributed by atoms with Crippen molar-refractivity contribution in [3.8, 4) is 5.75 Å². The van der Waals surface area contributed by atoms with Gasteiger partial charge >= 0.3 is 0 Å². The zero-order valence-electron chi connectivity index (χ0n) is 12.2. The largest absolute Gasteiger partial charge is 0.497 e. The number of amides is 1. The molecule has 1 atom stereocenters. The van der Waals surface area contributed by atoms with E-state index in [0.29, 0.717) is 5.13 Å². The van der Waals surface area contributed by atoms with Crippen molar-refractivity contribution in [2.24, 2.45) is 0 Å². The maximum atomic E-state index is 12.1. The molecule has 0 bridgehead atoms. The Morgan fingerprint density at radius 2 is 2.05 bits per heavy atom. The zero-order valence-corrected chi connectivity index (χ0v) is 13.0. The Balaban J connectivity index is 1.92. The van der Waals surface area contributed by atoms with Crippen LogP contribution in [0.4, 0.5) is 10.8 Å². The molecule has 0 aliphatic heterocycles. The summed E-state index contributed by atoms with van der Waals surface area (Å²) in [5.74, 6) is 0.628. The predicted octanol–water partition coefficient (Wildman–Crippen LogP) is 2.55. The summed E-state index contributed by atoms with van der Waals surface area (Å²) < 4.78 is 5.09. The number of nitrogens with one attached hydrogen (secondary N) is 2. The first-order valence-electron chi connectivity index (χ1n) is 6.66. The molecule has 1 aromatic heterocycles. The summed E-state index contributed by atoms with van der Waals surface area (Å²) in [7, 11) is 1.62. The number of methoxy groups -OCH3 is 1. The number of aryl methyl sites for hydroxylation is 1. The lowest BCUT2D eigenvalue weighted by atomic mass is 10.2. The van der Waals surface area contributed by atoms with Gasteiger partial charge in [0, 0.05) is 5.69 Å². The topological polar surface area (TPSA) is 76.1 Å². The van der Waals surface area contributed by atoms with Gasteiger partial charge in [-0.2, -0.15) is 0 Å². The Morgan fingerprint density at radius 3 is 2.62 bits per heavy atom. The van der Waals surface area contributed by atoms with Crippen LogP contribution < -0.4 is 15.4 Å². The van der Waals surface area contributed by atoms with E-state index in [2.05, 4.69) is 20.8 Å². The van der Waals surface area contributed by atoms with Crippen molar-refractivity contribution >= 4 is 28.1 Å². The lowest BCUT2D eigenvalue weighted by Crippen LogP contribution is -2.31. The van der Waals surface area contributed by atoms with Crippen LogP contribution in [0.3, 0.4) is 0 Å². The number of carbonyl (C=O) groups excluding carboxylic acids is 1. The van der Waals surface area contributed by atoms with Gasteiger partial charge in [0.1, 0.15) is 16.8 Å². The lowest BCUT2D eigenvalue weighted by Gasteiger charge is -2.14. The molecule has 1 heterocycles. The minimum Gasteiger partial charge on any atom is -0.497 e. The van der Waals surface area contributed by atoms with Crippen LogP contribution in [0.15, 0.2) is 24.3 Å².